The number of amides is 1. The average molecular weight is 282 g/mol. The summed E-state index contributed by atoms with van der Waals surface area (Å²) in [5.74, 6) is 0.258. The topological polar surface area (TPSA) is 38.8 Å². The van der Waals surface area contributed by atoms with E-state index in [-0.39, 0.29) is 23.4 Å². The summed E-state index contributed by atoms with van der Waals surface area (Å²) in [6.07, 6.45) is -0.299. The fraction of sp³-hybridized carbons (Fsp3) is 0.500. The second-order valence-electron chi connectivity index (χ2n) is 4.91. The van der Waals surface area contributed by atoms with Crippen LogP contribution in [0.15, 0.2) is 30.3 Å². The zero-order chi connectivity index (χ0) is 13.2. The summed E-state index contributed by atoms with van der Waals surface area (Å²) in [6.45, 7) is 2.04. The molecule has 0 radical (unpaired) electrons. The van der Waals surface area contributed by atoms with Gasteiger partial charge in [0.2, 0.25) is 0 Å². The number of ether oxygens (including phenoxy) is 2. The molecular formula is C14H16ClNO3. The molecule has 0 bridgehead atoms. The second kappa shape index (κ2) is 5.39. The third-order valence-electron chi connectivity index (χ3n) is 3.62. The first-order valence-electron chi connectivity index (χ1n) is 6.46. The molecule has 1 aromatic rings. The van der Waals surface area contributed by atoms with Crippen molar-refractivity contribution >= 4 is 17.7 Å². The predicted octanol–water partition coefficient (Wildman–Crippen LogP) is 2.26. The third kappa shape index (κ3) is 2.69. The third-order valence-corrected chi connectivity index (χ3v) is 4.20. The van der Waals surface area contributed by atoms with Crippen LogP contribution in [0.25, 0.3) is 0 Å². The van der Waals surface area contributed by atoms with E-state index in [0.29, 0.717) is 26.4 Å². The summed E-state index contributed by atoms with van der Waals surface area (Å²) < 4.78 is 10.8. The summed E-state index contributed by atoms with van der Waals surface area (Å²) >= 11 is 6.16. The SMILES string of the molecule is O=C(OCc1ccccc1)N1CCOCC2C(Cl)C21. The molecular weight excluding hydrogens is 266 g/mol. The van der Waals surface area contributed by atoms with Gasteiger partial charge in [-0.25, -0.2) is 4.79 Å². The summed E-state index contributed by atoms with van der Waals surface area (Å²) in [7, 11) is 0. The highest BCUT2D eigenvalue weighted by atomic mass is 35.5. The average Bonchev–Trinajstić information content (AvgIpc) is 3.13. The van der Waals surface area contributed by atoms with Crippen LogP contribution >= 0.6 is 11.6 Å². The molecule has 0 N–H and O–H groups in total. The Hall–Kier alpha value is -1.26. The minimum absolute atomic E-state index is 0.00424. The van der Waals surface area contributed by atoms with Crippen LogP contribution in [0.1, 0.15) is 5.56 Å². The molecule has 1 saturated heterocycles. The number of carbonyl (C=O) groups is 1. The van der Waals surface area contributed by atoms with Gasteiger partial charge in [-0.1, -0.05) is 30.3 Å². The molecule has 1 saturated carbocycles. The maximum atomic E-state index is 12.1. The molecule has 1 aromatic carbocycles. The van der Waals surface area contributed by atoms with Gasteiger partial charge in [0, 0.05) is 12.5 Å². The Labute approximate surface area is 117 Å². The number of carbonyl (C=O) groups excluding carboxylic acids is 1. The Kier molecular flexibility index (Phi) is 3.62. The molecule has 0 aromatic heterocycles. The standard InChI is InChI=1S/C14H16ClNO3/c15-12-11-9-18-7-6-16(13(11)12)14(17)19-8-10-4-2-1-3-5-10/h1-5,11-13H,6-9H2. The van der Waals surface area contributed by atoms with E-state index in [0.717, 1.165) is 5.56 Å². The first kappa shape index (κ1) is 12.8. The molecule has 1 amide bonds. The Morgan fingerprint density at radius 3 is 3.00 bits per heavy atom. The van der Waals surface area contributed by atoms with Gasteiger partial charge in [0.15, 0.2) is 0 Å². The normalized spacial score (nSPS) is 29.3. The monoisotopic (exact) mass is 281 g/mol. The second-order valence-corrected chi connectivity index (χ2v) is 5.41. The van der Waals surface area contributed by atoms with Crippen LogP contribution < -0.4 is 0 Å². The van der Waals surface area contributed by atoms with Crippen molar-refractivity contribution in [1.29, 1.82) is 0 Å². The lowest BCUT2D eigenvalue weighted by Gasteiger charge is -2.20. The minimum Gasteiger partial charge on any atom is -0.445 e. The number of benzene rings is 1. The molecule has 1 heterocycles. The lowest BCUT2D eigenvalue weighted by molar-refractivity contribution is 0.0837. The first-order valence-corrected chi connectivity index (χ1v) is 6.90. The van der Waals surface area contributed by atoms with E-state index < -0.39 is 0 Å². The highest BCUT2D eigenvalue weighted by Crippen LogP contribution is 2.42. The highest BCUT2D eigenvalue weighted by molar-refractivity contribution is 6.23. The van der Waals surface area contributed by atoms with Crippen molar-refractivity contribution in [2.45, 2.75) is 18.0 Å². The van der Waals surface area contributed by atoms with Gasteiger partial charge in [-0.3, -0.25) is 0 Å². The molecule has 1 aliphatic heterocycles. The van der Waals surface area contributed by atoms with Crippen LogP contribution in [0.4, 0.5) is 4.79 Å². The lowest BCUT2D eigenvalue weighted by atomic mass is 10.2. The van der Waals surface area contributed by atoms with Crippen LogP contribution in [0, 0.1) is 5.92 Å². The van der Waals surface area contributed by atoms with Crippen molar-refractivity contribution in [2.75, 3.05) is 19.8 Å². The summed E-state index contributed by atoms with van der Waals surface area (Å²) in [5.41, 5.74) is 0.983. The predicted molar refractivity (Wildman–Crippen MR) is 71.1 cm³/mol. The molecule has 4 nitrogen and oxygen atoms in total. The molecule has 102 valence electrons. The van der Waals surface area contributed by atoms with Crippen molar-refractivity contribution in [3.63, 3.8) is 0 Å². The van der Waals surface area contributed by atoms with E-state index in [1.54, 1.807) is 4.90 Å². The fourth-order valence-corrected chi connectivity index (χ4v) is 2.92. The largest absolute Gasteiger partial charge is 0.445 e. The van der Waals surface area contributed by atoms with E-state index in [1.807, 2.05) is 30.3 Å². The molecule has 3 atom stereocenters. The van der Waals surface area contributed by atoms with Gasteiger partial charge in [-0.15, -0.1) is 11.6 Å². The Balaban J connectivity index is 1.58. The van der Waals surface area contributed by atoms with E-state index in [4.69, 9.17) is 21.1 Å². The van der Waals surface area contributed by atoms with Crippen molar-refractivity contribution < 1.29 is 14.3 Å². The zero-order valence-electron chi connectivity index (χ0n) is 10.5. The van der Waals surface area contributed by atoms with Gasteiger partial charge in [-0.2, -0.15) is 0 Å². The minimum atomic E-state index is -0.299. The van der Waals surface area contributed by atoms with Gasteiger partial charge >= 0.3 is 6.09 Å². The van der Waals surface area contributed by atoms with Crippen molar-refractivity contribution in [2.24, 2.45) is 5.92 Å². The molecule has 1 aliphatic carbocycles. The van der Waals surface area contributed by atoms with Crippen LogP contribution in [-0.4, -0.2) is 42.2 Å². The quantitative estimate of drug-likeness (QED) is 0.781. The van der Waals surface area contributed by atoms with Crippen LogP contribution in [0.2, 0.25) is 0 Å². The van der Waals surface area contributed by atoms with Crippen molar-refractivity contribution in [3.8, 4) is 0 Å². The van der Waals surface area contributed by atoms with Crippen LogP contribution in [0.3, 0.4) is 0 Å². The Morgan fingerprint density at radius 2 is 2.21 bits per heavy atom. The molecule has 0 spiro atoms. The van der Waals surface area contributed by atoms with E-state index in [2.05, 4.69) is 0 Å². The molecule has 3 unspecified atom stereocenters. The maximum Gasteiger partial charge on any atom is 0.410 e. The number of rotatable bonds is 2. The van der Waals surface area contributed by atoms with E-state index in [1.165, 1.54) is 0 Å². The molecule has 2 fully saturated rings. The Morgan fingerprint density at radius 1 is 1.42 bits per heavy atom. The molecule has 5 heteroatoms. The zero-order valence-corrected chi connectivity index (χ0v) is 11.3. The van der Waals surface area contributed by atoms with E-state index >= 15 is 0 Å². The number of alkyl halides is 1. The van der Waals surface area contributed by atoms with Crippen molar-refractivity contribution in [3.05, 3.63) is 35.9 Å². The summed E-state index contributed by atoms with van der Waals surface area (Å²) in [4.78, 5) is 13.8. The van der Waals surface area contributed by atoms with Crippen LogP contribution in [-0.2, 0) is 16.1 Å². The lowest BCUT2D eigenvalue weighted by Crippen LogP contribution is -2.36. The van der Waals surface area contributed by atoms with Gasteiger partial charge < -0.3 is 14.4 Å². The fourth-order valence-electron chi connectivity index (χ4n) is 2.46. The maximum absolute atomic E-state index is 12.1. The highest BCUT2D eigenvalue weighted by Gasteiger charge is 2.55. The smallest absolute Gasteiger partial charge is 0.410 e. The van der Waals surface area contributed by atoms with E-state index in [9.17, 15) is 4.79 Å². The summed E-state index contributed by atoms with van der Waals surface area (Å²) in [6, 6.07) is 9.73. The molecule has 2 aliphatic rings. The van der Waals surface area contributed by atoms with Gasteiger partial charge in [0.25, 0.3) is 0 Å². The van der Waals surface area contributed by atoms with Gasteiger partial charge in [0.1, 0.15) is 6.61 Å². The van der Waals surface area contributed by atoms with Crippen LogP contribution in [0.5, 0.6) is 0 Å². The number of halogens is 1. The number of nitrogens with zero attached hydrogens (tertiary/aromatic N) is 1. The van der Waals surface area contributed by atoms with Gasteiger partial charge in [-0.05, 0) is 5.56 Å². The summed E-state index contributed by atoms with van der Waals surface area (Å²) in [5, 5.41) is 0.00424. The Bertz CT molecular complexity index is 453. The number of hydrogen-bond acceptors (Lipinski definition) is 3. The molecule has 3 rings (SSSR count). The molecule has 19 heavy (non-hydrogen) atoms. The van der Waals surface area contributed by atoms with Crippen molar-refractivity contribution in [1.82, 2.24) is 4.90 Å². The van der Waals surface area contributed by atoms with Gasteiger partial charge in [0.05, 0.1) is 24.6 Å². The first-order chi connectivity index (χ1) is 9.27. The number of fused-ring (bicyclic) bond motifs is 1. The number of hydrogen-bond donors (Lipinski definition) is 0.